The van der Waals surface area contributed by atoms with Crippen LogP contribution in [0.1, 0.15) is 12.0 Å². The molecule has 2 aliphatic heterocycles. The maximum Gasteiger partial charge on any atom is 0.418 e. The molecule has 2 fully saturated rings. The molecule has 4 N–H and O–H groups in total. The summed E-state index contributed by atoms with van der Waals surface area (Å²) in [6.07, 6.45) is -5.25. The average Bonchev–Trinajstić information content (AvgIpc) is 3.08. The lowest BCUT2D eigenvalue weighted by molar-refractivity contribution is -0.147. The number of aliphatic hydroxyl groups excluding tert-OH is 4. The van der Waals surface area contributed by atoms with E-state index in [9.17, 15) is 33.6 Å². The lowest BCUT2D eigenvalue weighted by Crippen LogP contribution is -2.63. The van der Waals surface area contributed by atoms with Crippen LogP contribution < -0.4 is 4.90 Å². The lowest BCUT2D eigenvalue weighted by atomic mass is 9.93. The number of nitrogens with zero attached hydrogens (tertiary/aromatic N) is 3. The molecule has 0 radical (unpaired) electrons. The molecular weight excluding hydrogens is 367 g/mol. The second kappa shape index (κ2) is 7.88. The third-order valence-corrected chi connectivity index (χ3v) is 5.44. The Labute approximate surface area is 154 Å². The summed E-state index contributed by atoms with van der Waals surface area (Å²) in [7, 11) is 0. The van der Waals surface area contributed by atoms with E-state index < -0.39 is 36.1 Å². The molecular formula is C17H24F3N3O4. The predicted octanol–water partition coefficient (Wildman–Crippen LogP) is -0.314. The lowest BCUT2D eigenvalue weighted by Gasteiger charge is -2.44. The molecule has 7 nitrogen and oxygen atoms in total. The van der Waals surface area contributed by atoms with Crippen molar-refractivity contribution in [2.75, 3.05) is 37.7 Å². The number of piperidine rings is 1. The summed E-state index contributed by atoms with van der Waals surface area (Å²) >= 11 is 0. The van der Waals surface area contributed by atoms with Crippen molar-refractivity contribution in [1.29, 1.82) is 0 Å². The van der Waals surface area contributed by atoms with Gasteiger partial charge in [0.05, 0.1) is 36.2 Å². The van der Waals surface area contributed by atoms with Gasteiger partial charge < -0.3 is 25.3 Å². The number of rotatable bonds is 4. The number of aliphatic hydroxyl groups is 4. The summed E-state index contributed by atoms with van der Waals surface area (Å²) < 4.78 is 39.7. The van der Waals surface area contributed by atoms with Gasteiger partial charge in [-0.2, -0.15) is 13.2 Å². The van der Waals surface area contributed by atoms with Gasteiger partial charge in [0.1, 0.15) is 12.2 Å². The number of hydrogen-bond donors (Lipinski definition) is 4. The minimum Gasteiger partial charge on any atom is -0.395 e. The van der Waals surface area contributed by atoms with Crippen LogP contribution in [-0.4, -0.2) is 87.4 Å². The first-order valence-corrected chi connectivity index (χ1v) is 8.87. The van der Waals surface area contributed by atoms with Crippen LogP contribution in [0.25, 0.3) is 0 Å². The van der Waals surface area contributed by atoms with Gasteiger partial charge in [-0.15, -0.1) is 0 Å². The van der Waals surface area contributed by atoms with Gasteiger partial charge in [0.25, 0.3) is 0 Å². The minimum atomic E-state index is -4.46. The average molecular weight is 391 g/mol. The van der Waals surface area contributed by atoms with E-state index in [1.807, 2.05) is 0 Å². The van der Waals surface area contributed by atoms with Gasteiger partial charge in [-0.05, 0) is 18.4 Å². The molecule has 1 aromatic heterocycles. The van der Waals surface area contributed by atoms with Gasteiger partial charge in [0.15, 0.2) is 0 Å². The Morgan fingerprint density at radius 2 is 1.89 bits per heavy atom. The van der Waals surface area contributed by atoms with E-state index in [-0.39, 0.29) is 24.8 Å². The van der Waals surface area contributed by atoms with Crippen molar-refractivity contribution >= 4 is 5.69 Å². The van der Waals surface area contributed by atoms with Crippen molar-refractivity contribution in [3.63, 3.8) is 0 Å². The van der Waals surface area contributed by atoms with E-state index in [1.54, 1.807) is 9.80 Å². The van der Waals surface area contributed by atoms with Crippen LogP contribution in [0.4, 0.5) is 18.9 Å². The molecule has 27 heavy (non-hydrogen) atoms. The van der Waals surface area contributed by atoms with Gasteiger partial charge in [0.2, 0.25) is 0 Å². The second-order valence-electron chi connectivity index (χ2n) is 7.24. The highest BCUT2D eigenvalue weighted by Crippen LogP contribution is 2.38. The van der Waals surface area contributed by atoms with Gasteiger partial charge in [-0.3, -0.25) is 9.88 Å². The van der Waals surface area contributed by atoms with Crippen molar-refractivity contribution in [3.05, 3.63) is 24.0 Å². The number of anilines is 1. The first-order chi connectivity index (χ1) is 12.7. The third-order valence-electron chi connectivity index (χ3n) is 5.44. The van der Waals surface area contributed by atoms with Crippen molar-refractivity contribution in [3.8, 4) is 0 Å². The van der Waals surface area contributed by atoms with E-state index >= 15 is 0 Å². The molecule has 0 aliphatic carbocycles. The molecule has 0 aromatic carbocycles. The van der Waals surface area contributed by atoms with Crippen LogP contribution >= 0.6 is 0 Å². The quantitative estimate of drug-likeness (QED) is 0.559. The number of β-amino-alcohol motifs (C(OH)–C–C–N with tert-alkyl or cyclic N) is 1. The van der Waals surface area contributed by atoms with Crippen molar-refractivity contribution in [1.82, 2.24) is 9.88 Å². The number of pyridine rings is 1. The van der Waals surface area contributed by atoms with Crippen LogP contribution in [0.15, 0.2) is 18.5 Å². The molecule has 0 unspecified atom stereocenters. The van der Waals surface area contributed by atoms with Gasteiger partial charge in [0, 0.05) is 32.4 Å². The smallest absolute Gasteiger partial charge is 0.395 e. The molecule has 1 aromatic rings. The van der Waals surface area contributed by atoms with Gasteiger partial charge >= 0.3 is 6.18 Å². The molecule has 2 aliphatic rings. The topological polar surface area (TPSA) is 100 Å². The zero-order valence-electron chi connectivity index (χ0n) is 14.6. The zero-order chi connectivity index (χ0) is 19.8. The molecule has 152 valence electrons. The standard InChI is InChI=1S/C17H24F3N3O4/c18-17(19,20)11-1-3-21-5-12(11)22-4-2-10(6-22)7-23-8-14(25)16(27)15(26)13(23)9-24/h1,3,5,10,13-16,24-27H,2,4,6-9H2/t10-,13+,14+,15-,16-/m1/s1. The molecule has 0 spiro atoms. The monoisotopic (exact) mass is 391 g/mol. The summed E-state index contributed by atoms with van der Waals surface area (Å²) in [5, 5.41) is 39.2. The van der Waals surface area contributed by atoms with Gasteiger partial charge in [-0.25, -0.2) is 0 Å². The fourth-order valence-electron chi connectivity index (χ4n) is 4.00. The zero-order valence-corrected chi connectivity index (χ0v) is 14.6. The Morgan fingerprint density at radius 1 is 1.15 bits per heavy atom. The molecule has 0 amide bonds. The van der Waals surface area contributed by atoms with Crippen molar-refractivity contribution < 1.29 is 33.6 Å². The maximum absolute atomic E-state index is 13.2. The maximum atomic E-state index is 13.2. The molecule has 3 heterocycles. The summed E-state index contributed by atoms with van der Waals surface area (Å²) in [6, 6.07) is 0.241. The third kappa shape index (κ3) is 4.19. The van der Waals surface area contributed by atoms with Crippen LogP contribution in [-0.2, 0) is 6.18 Å². The SMILES string of the molecule is OC[C@H]1[C@@H](O)[C@H](O)[C@@H](O)CN1C[C@@H]1CCN(c2cnccc2C(F)(F)F)C1. The number of aromatic nitrogens is 1. The number of hydrogen-bond acceptors (Lipinski definition) is 7. The Kier molecular flexibility index (Phi) is 5.92. The minimum absolute atomic E-state index is 0.00465. The highest BCUT2D eigenvalue weighted by Gasteiger charge is 2.42. The predicted molar refractivity (Wildman–Crippen MR) is 90.0 cm³/mol. The van der Waals surface area contributed by atoms with Gasteiger partial charge in [-0.1, -0.05) is 0 Å². The second-order valence-corrected chi connectivity index (χ2v) is 7.24. The van der Waals surface area contributed by atoms with E-state index in [0.717, 1.165) is 12.3 Å². The summed E-state index contributed by atoms with van der Waals surface area (Å²) in [6.45, 7) is 0.899. The number of alkyl halides is 3. The fourth-order valence-corrected chi connectivity index (χ4v) is 4.00. The Balaban J connectivity index is 1.69. The normalized spacial score (nSPS) is 32.9. The molecule has 3 rings (SSSR count). The van der Waals surface area contributed by atoms with E-state index in [2.05, 4.69) is 4.98 Å². The summed E-state index contributed by atoms with van der Waals surface area (Å²) in [5.74, 6) is -0.00465. The highest BCUT2D eigenvalue weighted by molar-refractivity contribution is 5.53. The van der Waals surface area contributed by atoms with Crippen molar-refractivity contribution in [2.45, 2.75) is 37.0 Å². The van der Waals surface area contributed by atoms with Crippen LogP contribution in [0.5, 0.6) is 0 Å². The highest BCUT2D eigenvalue weighted by atomic mass is 19.4. The fraction of sp³-hybridized carbons (Fsp3) is 0.706. The Hall–Kier alpha value is -1.46. The molecule has 5 atom stereocenters. The van der Waals surface area contributed by atoms with E-state index in [4.69, 9.17) is 0 Å². The van der Waals surface area contributed by atoms with Crippen LogP contribution in [0.3, 0.4) is 0 Å². The van der Waals surface area contributed by atoms with E-state index in [1.165, 1.54) is 6.20 Å². The number of halogens is 3. The van der Waals surface area contributed by atoms with E-state index in [0.29, 0.717) is 26.1 Å². The summed E-state index contributed by atoms with van der Waals surface area (Å²) in [5.41, 5.74) is -0.682. The summed E-state index contributed by atoms with van der Waals surface area (Å²) in [4.78, 5) is 7.16. The molecule has 2 saturated heterocycles. The molecule has 10 heteroatoms. The molecule has 0 saturated carbocycles. The van der Waals surface area contributed by atoms with Crippen molar-refractivity contribution in [2.24, 2.45) is 5.92 Å². The number of likely N-dealkylation sites (tertiary alicyclic amines) is 1. The van der Waals surface area contributed by atoms with Crippen LogP contribution in [0, 0.1) is 5.92 Å². The Morgan fingerprint density at radius 3 is 2.56 bits per heavy atom. The largest absolute Gasteiger partial charge is 0.418 e. The Bertz CT molecular complexity index is 648. The first kappa shape index (κ1) is 20.3. The molecule has 0 bridgehead atoms. The first-order valence-electron chi connectivity index (χ1n) is 8.87. The van der Waals surface area contributed by atoms with Crippen LogP contribution in [0.2, 0.25) is 0 Å².